The quantitative estimate of drug-likeness (QED) is 0.796. The van der Waals surface area contributed by atoms with Crippen molar-refractivity contribution in [3.63, 3.8) is 0 Å². The van der Waals surface area contributed by atoms with Crippen molar-refractivity contribution in [2.75, 3.05) is 6.54 Å². The summed E-state index contributed by atoms with van der Waals surface area (Å²) in [6, 6.07) is 2.24. The van der Waals surface area contributed by atoms with Crippen LogP contribution in [0.4, 0.5) is 0 Å². The summed E-state index contributed by atoms with van der Waals surface area (Å²) in [5.41, 5.74) is 0. The minimum Gasteiger partial charge on any atom is -0.356 e. The Balaban J connectivity index is 1.56. The predicted octanol–water partition coefficient (Wildman–Crippen LogP) is 1.63. The lowest BCUT2D eigenvalue weighted by Gasteiger charge is -2.13. The number of imidazole rings is 1. The van der Waals surface area contributed by atoms with Crippen LogP contribution in [0.1, 0.15) is 32.2 Å². The molecule has 1 amide bonds. The summed E-state index contributed by atoms with van der Waals surface area (Å²) in [6.45, 7) is 3.59. The molecule has 6 nitrogen and oxygen atoms in total. The van der Waals surface area contributed by atoms with E-state index in [9.17, 15) is 4.79 Å². The Labute approximate surface area is 118 Å². The highest BCUT2D eigenvalue weighted by Crippen LogP contribution is 2.08. The van der Waals surface area contributed by atoms with Crippen LogP contribution in [0.2, 0.25) is 0 Å². The number of aryl methyl sites for hydroxylation is 1. The molecule has 1 N–H and O–H groups in total. The largest absolute Gasteiger partial charge is 0.356 e. The maximum Gasteiger partial charge on any atom is 0.220 e. The van der Waals surface area contributed by atoms with E-state index in [0.29, 0.717) is 19.0 Å². The summed E-state index contributed by atoms with van der Waals surface area (Å²) >= 11 is 0. The average Bonchev–Trinajstić information content (AvgIpc) is 3.12. The van der Waals surface area contributed by atoms with Gasteiger partial charge in [0, 0.05) is 50.3 Å². The van der Waals surface area contributed by atoms with Gasteiger partial charge in [0.2, 0.25) is 5.91 Å². The summed E-state index contributed by atoms with van der Waals surface area (Å²) in [4.78, 5) is 15.7. The highest BCUT2D eigenvalue weighted by atomic mass is 16.1. The van der Waals surface area contributed by atoms with E-state index in [2.05, 4.69) is 22.3 Å². The molecule has 0 aliphatic rings. The van der Waals surface area contributed by atoms with Crippen molar-refractivity contribution >= 4 is 5.91 Å². The molecule has 0 aliphatic heterocycles. The first-order valence-electron chi connectivity index (χ1n) is 6.97. The molecular weight excluding hydrogens is 254 g/mol. The summed E-state index contributed by atoms with van der Waals surface area (Å²) in [5, 5.41) is 7.06. The summed E-state index contributed by atoms with van der Waals surface area (Å²) in [6.07, 6.45) is 11.4. The molecular formula is C14H21N5O. The smallest absolute Gasteiger partial charge is 0.220 e. The monoisotopic (exact) mass is 275 g/mol. The highest BCUT2D eigenvalue weighted by molar-refractivity contribution is 5.75. The molecule has 0 saturated carbocycles. The lowest BCUT2D eigenvalue weighted by Crippen LogP contribution is -2.26. The first kappa shape index (κ1) is 14.3. The third kappa shape index (κ3) is 4.53. The minimum atomic E-state index is 0.106. The first-order valence-corrected chi connectivity index (χ1v) is 6.97. The number of rotatable bonds is 8. The van der Waals surface area contributed by atoms with Crippen LogP contribution in [0, 0.1) is 0 Å². The molecule has 2 heterocycles. The summed E-state index contributed by atoms with van der Waals surface area (Å²) < 4.78 is 3.89. The van der Waals surface area contributed by atoms with Crippen molar-refractivity contribution in [3.05, 3.63) is 37.2 Å². The zero-order valence-corrected chi connectivity index (χ0v) is 11.8. The van der Waals surface area contributed by atoms with E-state index in [1.165, 1.54) is 0 Å². The van der Waals surface area contributed by atoms with Gasteiger partial charge < -0.3 is 9.88 Å². The van der Waals surface area contributed by atoms with Crippen molar-refractivity contribution in [2.24, 2.45) is 0 Å². The van der Waals surface area contributed by atoms with E-state index < -0.39 is 0 Å². The van der Waals surface area contributed by atoms with Crippen molar-refractivity contribution in [1.29, 1.82) is 0 Å². The van der Waals surface area contributed by atoms with E-state index >= 15 is 0 Å². The molecule has 2 aromatic heterocycles. The standard InChI is InChI=1S/C14H21N5O/c1-13(18-11-8-15-12-18)5-7-16-14(20)4-2-9-19-10-3-6-17-19/h3,6,8,10-13H,2,4-5,7,9H2,1H3,(H,16,20)/t13-/m1/s1. The maximum absolute atomic E-state index is 11.7. The number of aromatic nitrogens is 4. The number of hydrogen-bond donors (Lipinski definition) is 1. The Bertz CT molecular complexity index is 492. The number of carbonyl (C=O) groups excluding carboxylic acids is 1. The fourth-order valence-electron chi connectivity index (χ4n) is 2.02. The fraction of sp³-hybridized carbons (Fsp3) is 0.500. The summed E-state index contributed by atoms with van der Waals surface area (Å²) in [7, 11) is 0. The van der Waals surface area contributed by atoms with Gasteiger partial charge >= 0.3 is 0 Å². The van der Waals surface area contributed by atoms with E-state index in [1.54, 1.807) is 18.7 Å². The van der Waals surface area contributed by atoms with Gasteiger partial charge in [-0.3, -0.25) is 9.48 Å². The molecule has 20 heavy (non-hydrogen) atoms. The van der Waals surface area contributed by atoms with Gasteiger partial charge in [-0.25, -0.2) is 4.98 Å². The number of carbonyl (C=O) groups is 1. The zero-order chi connectivity index (χ0) is 14.2. The van der Waals surface area contributed by atoms with Gasteiger partial charge in [-0.15, -0.1) is 0 Å². The van der Waals surface area contributed by atoms with Gasteiger partial charge in [-0.1, -0.05) is 0 Å². The van der Waals surface area contributed by atoms with Gasteiger partial charge in [0.1, 0.15) is 0 Å². The van der Waals surface area contributed by atoms with Crippen LogP contribution < -0.4 is 5.32 Å². The van der Waals surface area contributed by atoms with Crippen LogP contribution in [0.3, 0.4) is 0 Å². The van der Waals surface area contributed by atoms with Crippen LogP contribution in [0.15, 0.2) is 37.2 Å². The second-order valence-corrected chi connectivity index (χ2v) is 4.87. The lowest BCUT2D eigenvalue weighted by atomic mass is 10.2. The molecule has 6 heteroatoms. The van der Waals surface area contributed by atoms with Crippen molar-refractivity contribution in [1.82, 2.24) is 24.6 Å². The Morgan fingerprint density at radius 2 is 2.25 bits per heavy atom. The van der Waals surface area contributed by atoms with Gasteiger partial charge in [0.25, 0.3) is 0 Å². The van der Waals surface area contributed by atoms with Crippen LogP contribution in [0.5, 0.6) is 0 Å². The van der Waals surface area contributed by atoms with Crippen molar-refractivity contribution in [2.45, 2.75) is 38.8 Å². The molecule has 0 aliphatic carbocycles. The van der Waals surface area contributed by atoms with E-state index in [4.69, 9.17) is 0 Å². The normalized spacial score (nSPS) is 12.2. The van der Waals surface area contributed by atoms with E-state index in [-0.39, 0.29) is 5.91 Å². The predicted molar refractivity (Wildman–Crippen MR) is 76.0 cm³/mol. The van der Waals surface area contributed by atoms with Gasteiger partial charge in [0.15, 0.2) is 0 Å². The minimum absolute atomic E-state index is 0.106. The van der Waals surface area contributed by atoms with Crippen LogP contribution >= 0.6 is 0 Å². The molecule has 0 bridgehead atoms. The lowest BCUT2D eigenvalue weighted by molar-refractivity contribution is -0.121. The first-order chi connectivity index (χ1) is 9.75. The van der Waals surface area contributed by atoms with Crippen LogP contribution in [-0.2, 0) is 11.3 Å². The highest BCUT2D eigenvalue weighted by Gasteiger charge is 2.05. The molecule has 1 atom stereocenters. The van der Waals surface area contributed by atoms with Gasteiger partial charge in [0.05, 0.1) is 6.33 Å². The maximum atomic E-state index is 11.7. The second-order valence-electron chi connectivity index (χ2n) is 4.87. The SMILES string of the molecule is C[C@H](CCNC(=O)CCCn1cccn1)n1ccnc1. The number of amides is 1. The Kier molecular flexibility index (Phi) is 5.34. The number of hydrogen-bond acceptors (Lipinski definition) is 3. The van der Waals surface area contributed by atoms with E-state index in [0.717, 1.165) is 19.4 Å². The Morgan fingerprint density at radius 1 is 1.35 bits per heavy atom. The molecule has 2 aromatic rings. The molecule has 0 saturated heterocycles. The van der Waals surface area contributed by atoms with Gasteiger partial charge in [-0.2, -0.15) is 5.10 Å². The van der Waals surface area contributed by atoms with Crippen LogP contribution in [0.25, 0.3) is 0 Å². The van der Waals surface area contributed by atoms with Crippen molar-refractivity contribution < 1.29 is 4.79 Å². The number of nitrogens with one attached hydrogen (secondary N) is 1. The van der Waals surface area contributed by atoms with Crippen molar-refractivity contribution in [3.8, 4) is 0 Å². The third-order valence-electron chi connectivity index (χ3n) is 3.27. The Hall–Kier alpha value is -2.11. The number of nitrogens with zero attached hydrogens (tertiary/aromatic N) is 4. The second kappa shape index (κ2) is 7.47. The average molecular weight is 275 g/mol. The molecule has 0 spiro atoms. The molecule has 0 unspecified atom stereocenters. The molecule has 0 fully saturated rings. The Morgan fingerprint density at radius 3 is 2.95 bits per heavy atom. The zero-order valence-electron chi connectivity index (χ0n) is 11.8. The topological polar surface area (TPSA) is 64.7 Å². The third-order valence-corrected chi connectivity index (χ3v) is 3.27. The summed E-state index contributed by atoms with van der Waals surface area (Å²) in [5.74, 6) is 0.106. The molecule has 108 valence electrons. The molecule has 0 aromatic carbocycles. The van der Waals surface area contributed by atoms with Gasteiger partial charge in [-0.05, 0) is 25.8 Å². The fourth-order valence-corrected chi connectivity index (χ4v) is 2.02. The van der Waals surface area contributed by atoms with E-state index in [1.807, 2.05) is 27.7 Å². The van der Waals surface area contributed by atoms with Crippen LogP contribution in [-0.4, -0.2) is 31.8 Å². The molecule has 2 rings (SSSR count). The molecule has 0 radical (unpaired) electrons.